The van der Waals surface area contributed by atoms with Crippen LogP contribution < -0.4 is 15.4 Å². The van der Waals surface area contributed by atoms with Crippen LogP contribution in [0.2, 0.25) is 0 Å². The van der Waals surface area contributed by atoms with E-state index in [1.165, 1.54) is 37.6 Å². The van der Waals surface area contributed by atoms with Crippen LogP contribution in [0, 0.1) is 13.8 Å². The molecule has 1 aromatic carbocycles. The summed E-state index contributed by atoms with van der Waals surface area (Å²) in [5, 5.41) is 5.79. The molecule has 0 aliphatic carbocycles. The summed E-state index contributed by atoms with van der Waals surface area (Å²) < 4.78 is 29.8. The predicted molar refractivity (Wildman–Crippen MR) is 110 cm³/mol. The zero-order valence-electron chi connectivity index (χ0n) is 16.3. The highest BCUT2D eigenvalue weighted by atomic mass is 32.2. The van der Waals surface area contributed by atoms with Gasteiger partial charge in [-0.25, -0.2) is 8.42 Å². The lowest BCUT2D eigenvalue weighted by molar-refractivity contribution is -0.116. The first-order valence-corrected chi connectivity index (χ1v) is 11.1. The number of rotatable bonds is 8. The number of aryl methyl sites for hydroxylation is 1. The molecular weight excluding hydrogens is 400 g/mol. The third-order valence-electron chi connectivity index (χ3n) is 4.33. The molecule has 0 aliphatic heterocycles. The molecule has 152 valence electrons. The third-order valence-corrected chi connectivity index (χ3v) is 7.27. The van der Waals surface area contributed by atoms with Crippen LogP contribution in [0.4, 0.5) is 5.00 Å². The van der Waals surface area contributed by atoms with Crippen molar-refractivity contribution in [3.8, 4) is 5.75 Å². The molecular formula is C19H24N2O5S2. The number of benzene rings is 1. The van der Waals surface area contributed by atoms with Crippen LogP contribution in [0.5, 0.6) is 5.75 Å². The Balaban J connectivity index is 1.97. The molecule has 1 heterocycles. The highest BCUT2D eigenvalue weighted by Gasteiger charge is 2.21. The second-order valence-electron chi connectivity index (χ2n) is 6.21. The van der Waals surface area contributed by atoms with Crippen molar-refractivity contribution in [1.29, 1.82) is 0 Å². The minimum atomic E-state index is -3.48. The summed E-state index contributed by atoms with van der Waals surface area (Å²) in [6.07, 6.45) is 0.220. The van der Waals surface area contributed by atoms with Gasteiger partial charge in [-0.2, -0.15) is 0 Å². The number of hydrogen-bond donors (Lipinski definition) is 2. The molecule has 0 atom stereocenters. The highest BCUT2D eigenvalue weighted by Crippen LogP contribution is 2.32. The van der Waals surface area contributed by atoms with E-state index in [4.69, 9.17) is 4.74 Å². The van der Waals surface area contributed by atoms with Crippen molar-refractivity contribution in [2.75, 3.05) is 25.2 Å². The Bertz CT molecular complexity index is 963. The van der Waals surface area contributed by atoms with Crippen LogP contribution in [0.1, 0.15) is 33.6 Å². The minimum absolute atomic E-state index is 0.0402. The van der Waals surface area contributed by atoms with E-state index in [1.54, 1.807) is 12.1 Å². The molecule has 0 saturated heterocycles. The molecule has 2 aromatic rings. The van der Waals surface area contributed by atoms with E-state index < -0.39 is 9.84 Å². The summed E-state index contributed by atoms with van der Waals surface area (Å²) in [6.45, 7) is 3.71. The predicted octanol–water partition coefficient (Wildman–Crippen LogP) is 2.93. The molecule has 0 fully saturated rings. The molecule has 2 N–H and O–H groups in total. The first-order valence-electron chi connectivity index (χ1n) is 8.68. The Hall–Kier alpha value is -2.39. The van der Waals surface area contributed by atoms with E-state index in [9.17, 15) is 18.0 Å². The summed E-state index contributed by atoms with van der Waals surface area (Å²) in [5.41, 5.74) is 1.27. The molecule has 1 aromatic heterocycles. The van der Waals surface area contributed by atoms with Gasteiger partial charge < -0.3 is 15.4 Å². The molecule has 0 spiro atoms. The van der Waals surface area contributed by atoms with Crippen molar-refractivity contribution < 1.29 is 22.7 Å². The van der Waals surface area contributed by atoms with E-state index in [1.807, 2.05) is 13.8 Å². The van der Waals surface area contributed by atoms with Crippen LogP contribution in [-0.2, 0) is 14.6 Å². The Morgan fingerprint density at radius 2 is 1.79 bits per heavy atom. The molecule has 0 bridgehead atoms. The normalized spacial score (nSPS) is 11.1. The summed E-state index contributed by atoms with van der Waals surface area (Å²) in [7, 11) is -0.439. The molecule has 0 radical (unpaired) electrons. The number of methoxy groups -OCH3 is 1. The highest BCUT2D eigenvalue weighted by molar-refractivity contribution is 7.91. The number of nitrogens with one attached hydrogen (secondary N) is 2. The summed E-state index contributed by atoms with van der Waals surface area (Å²) in [4.78, 5) is 25.4. The average molecular weight is 425 g/mol. The van der Waals surface area contributed by atoms with E-state index >= 15 is 0 Å². The van der Waals surface area contributed by atoms with Crippen LogP contribution in [0.25, 0.3) is 0 Å². The maximum absolute atomic E-state index is 12.4. The molecule has 0 aliphatic rings. The lowest BCUT2D eigenvalue weighted by Gasteiger charge is -2.08. The smallest absolute Gasteiger partial charge is 0.254 e. The molecule has 0 saturated carbocycles. The number of ether oxygens (including phenoxy) is 1. The third kappa shape index (κ3) is 5.11. The van der Waals surface area contributed by atoms with Gasteiger partial charge in [0, 0.05) is 18.3 Å². The maximum Gasteiger partial charge on any atom is 0.254 e. The SMILES string of the molecule is CNC(=O)c1c(NC(=O)CCCS(=O)(=O)c2ccc(OC)cc2)sc(C)c1C. The van der Waals surface area contributed by atoms with Gasteiger partial charge in [0.15, 0.2) is 9.84 Å². The van der Waals surface area contributed by atoms with Crippen LogP contribution in [0.15, 0.2) is 29.2 Å². The quantitative estimate of drug-likeness (QED) is 0.678. The zero-order chi connectivity index (χ0) is 20.9. The molecule has 9 heteroatoms. The lowest BCUT2D eigenvalue weighted by atomic mass is 10.1. The van der Waals surface area contributed by atoms with Crippen LogP contribution in [-0.4, -0.2) is 40.1 Å². The maximum atomic E-state index is 12.4. The molecule has 0 unspecified atom stereocenters. The summed E-state index contributed by atoms with van der Waals surface area (Å²) in [5.74, 6) is -0.153. The Morgan fingerprint density at radius 1 is 1.14 bits per heavy atom. The Morgan fingerprint density at radius 3 is 2.36 bits per heavy atom. The van der Waals surface area contributed by atoms with Gasteiger partial charge in [0.25, 0.3) is 5.91 Å². The van der Waals surface area contributed by atoms with Gasteiger partial charge in [0.2, 0.25) is 5.91 Å². The zero-order valence-corrected chi connectivity index (χ0v) is 17.9. The molecule has 28 heavy (non-hydrogen) atoms. The van der Waals surface area contributed by atoms with E-state index in [0.29, 0.717) is 16.3 Å². The number of thiophene rings is 1. The van der Waals surface area contributed by atoms with Gasteiger partial charge in [0.1, 0.15) is 10.8 Å². The topological polar surface area (TPSA) is 102 Å². The van der Waals surface area contributed by atoms with Crippen LogP contribution >= 0.6 is 11.3 Å². The van der Waals surface area contributed by atoms with Crippen molar-refractivity contribution in [3.63, 3.8) is 0 Å². The van der Waals surface area contributed by atoms with Crippen molar-refractivity contribution in [2.45, 2.75) is 31.6 Å². The second kappa shape index (κ2) is 9.20. The molecule has 7 nitrogen and oxygen atoms in total. The fraction of sp³-hybridized carbons (Fsp3) is 0.368. The van der Waals surface area contributed by atoms with Gasteiger partial charge >= 0.3 is 0 Å². The number of hydrogen-bond acceptors (Lipinski definition) is 6. The van der Waals surface area contributed by atoms with E-state index in [-0.39, 0.29) is 35.3 Å². The van der Waals surface area contributed by atoms with Crippen LogP contribution in [0.3, 0.4) is 0 Å². The van der Waals surface area contributed by atoms with E-state index in [0.717, 1.165) is 10.4 Å². The van der Waals surface area contributed by atoms with E-state index in [2.05, 4.69) is 10.6 Å². The number of amides is 2. The Kier molecular flexibility index (Phi) is 7.20. The summed E-state index contributed by atoms with van der Waals surface area (Å²) in [6, 6.07) is 6.14. The number of sulfone groups is 1. The Labute approximate surface area is 169 Å². The monoisotopic (exact) mass is 424 g/mol. The van der Waals surface area contributed by atoms with Crippen molar-refractivity contribution in [3.05, 3.63) is 40.3 Å². The van der Waals surface area contributed by atoms with Gasteiger partial charge in [-0.05, 0) is 50.1 Å². The number of anilines is 1. The number of carbonyl (C=O) groups excluding carboxylic acids is 2. The molecule has 2 amide bonds. The fourth-order valence-electron chi connectivity index (χ4n) is 2.63. The largest absolute Gasteiger partial charge is 0.497 e. The first kappa shape index (κ1) is 21.9. The standard InChI is InChI=1S/C19H24N2O5S2/c1-12-13(2)27-19(17(12)18(23)20-3)21-16(22)6-5-11-28(24,25)15-9-7-14(26-4)8-10-15/h7-10H,5-6,11H2,1-4H3,(H,20,23)(H,21,22). The number of carbonyl (C=O) groups is 2. The second-order valence-corrected chi connectivity index (χ2v) is 9.55. The molecule has 2 rings (SSSR count). The average Bonchev–Trinajstić information content (AvgIpc) is 2.94. The first-order chi connectivity index (χ1) is 13.2. The van der Waals surface area contributed by atoms with Crippen molar-refractivity contribution in [1.82, 2.24) is 5.32 Å². The summed E-state index contributed by atoms with van der Waals surface area (Å²) >= 11 is 1.33. The van der Waals surface area contributed by atoms with Crippen molar-refractivity contribution in [2.24, 2.45) is 0 Å². The fourth-order valence-corrected chi connectivity index (χ4v) is 5.01. The lowest BCUT2D eigenvalue weighted by Crippen LogP contribution is -2.21. The van der Waals surface area contributed by atoms with Crippen molar-refractivity contribution >= 4 is 38.0 Å². The van der Waals surface area contributed by atoms with Gasteiger partial charge in [-0.1, -0.05) is 0 Å². The van der Waals surface area contributed by atoms with Gasteiger partial charge in [-0.3, -0.25) is 9.59 Å². The van der Waals surface area contributed by atoms with Gasteiger partial charge in [-0.15, -0.1) is 11.3 Å². The minimum Gasteiger partial charge on any atom is -0.497 e. The van der Waals surface area contributed by atoms with Gasteiger partial charge in [0.05, 0.1) is 23.3 Å².